The molecular formula is C20H23FN2O2. The number of amides is 1. The van der Waals surface area contributed by atoms with Crippen molar-refractivity contribution in [3.63, 3.8) is 0 Å². The fourth-order valence-corrected chi connectivity index (χ4v) is 3.15. The van der Waals surface area contributed by atoms with Crippen LogP contribution >= 0.6 is 0 Å². The monoisotopic (exact) mass is 342 g/mol. The van der Waals surface area contributed by atoms with E-state index in [1.165, 1.54) is 13.0 Å². The van der Waals surface area contributed by atoms with E-state index in [-0.39, 0.29) is 17.4 Å². The molecule has 2 N–H and O–H groups in total. The fourth-order valence-electron chi connectivity index (χ4n) is 3.15. The highest BCUT2D eigenvalue weighted by Crippen LogP contribution is 2.25. The Hall–Kier alpha value is -2.69. The first-order chi connectivity index (χ1) is 11.7. The van der Waals surface area contributed by atoms with Gasteiger partial charge in [-0.2, -0.15) is 0 Å². The average Bonchev–Trinajstić information content (AvgIpc) is 2.48. The number of halogens is 1. The number of rotatable bonds is 5. The van der Waals surface area contributed by atoms with Gasteiger partial charge in [0.05, 0.1) is 5.69 Å². The maximum atomic E-state index is 13.7. The van der Waals surface area contributed by atoms with Crippen molar-refractivity contribution in [2.75, 3.05) is 10.6 Å². The molecule has 2 aromatic carbocycles. The zero-order valence-corrected chi connectivity index (χ0v) is 15.2. The third-order valence-corrected chi connectivity index (χ3v) is 4.23. The molecule has 0 aromatic heterocycles. The third kappa shape index (κ3) is 4.24. The minimum atomic E-state index is -0.484. The Balaban J connectivity index is 2.29. The summed E-state index contributed by atoms with van der Waals surface area (Å²) in [5, 5.41) is 5.71. The smallest absolute Gasteiger partial charge is 0.221 e. The maximum Gasteiger partial charge on any atom is 0.221 e. The zero-order valence-electron chi connectivity index (χ0n) is 15.2. The summed E-state index contributed by atoms with van der Waals surface area (Å²) in [5.74, 6) is -0.763. The molecule has 0 unspecified atom stereocenters. The first kappa shape index (κ1) is 18.6. The summed E-state index contributed by atoms with van der Waals surface area (Å²) >= 11 is 0. The van der Waals surface area contributed by atoms with Gasteiger partial charge >= 0.3 is 0 Å². The number of hydrogen-bond acceptors (Lipinski definition) is 3. The zero-order chi connectivity index (χ0) is 18.7. The molecule has 2 aromatic rings. The van der Waals surface area contributed by atoms with Crippen molar-refractivity contribution >= 4 is 23.1 Å². The van der Waals surface area contributed by atoms with Gasteiger partial charge in [-0.3, -0.25) is 9.59 Å². The molecule has 0 aliphatic carbocycles. The fraction of sp³-hybridized carbons (Fsp3) is 0.300. The van der Waals surface area contributed by atoms with Gasteiger partial charge < -0.3 is 10.6 Å². The van der Waals surface area contributed by atoms with Crippen LogP contribution in [0.25, 0.3) is 0 Å². The lowest BCUT2D eigenvalue weighted by Gasteiger charge is -2.17. The molecule has 4 nitrogen and oxygen atoms in total. The Morgan fingerprint density at radius 3 is 2.32 bits per heavy atom. The first-order valence-electron chi connectivity index (χ1n) is 8.12. The quantitative estimate of drug-likeness (QED) is 0.785. The molecule has 2 rings (SSSR count). The Kier molecular flexibility index (Phi) is 5.57. The van der Waals surface area contributed by atoms with Gasteiger partial charge in [0.25, 0.3) is 0 Å². The summed E-state index contributed by atoms with van der Waals surface area (Å²) in [5.41, 5.74) is 5.65. The highest BCUT2D eigenvalue weighted by molar-refractivity contribution is 5.97. The van der Waals surface area contributed by atoms with Crippen molar-refractivity contribution in [3.05, 3.63) is 57.9 Å². The minimum Gasteiger partial charge on any atom is -0.381 e. The maximum absolute atomic E-state index is 13.7. The van der Waals surface area contributed by atoms with E-state index in [1.807, 2.05) is 26.8 Å². The van der Waals surface area contributed by atoms with E-state index < -0.39 is 5.82 Å². The Labute approximate surface area is 147 Å². The highest BCUT2D eigenvalue weighted by atomic mass is 19.1. The van der Waals surface area contributed by atoms with Crippen molar-refractivity contribution in [1.82, 2.24) is 0 Å². The van der Waals surface area contributed by atoms with Gasteiger partial charge in [-0.25, -0.2) is 4.39 Å². The van der Waals surface area contributed by atoms with Crippen LogP contribution in [-0.4, -0.2) is 11.7 Å². The number of carbonyl (C=O) groups excluding carboxylic acids is 2. The summed E-state index contributed by atoms with van der Waals surface area (Å²) in [7, 11) is 0. The second-order valence-corrected chi connectivity index (χ2v) is 6.27. The van der Waals surface area contributed by atoms with Crippen LogP contribution in [-0.2, 0) is 11.3 Å². The van der Waals surface area contributed by atoms with Crippen LogP contribution < -0.4 is 10.6 Å². The topological polar surface area (TPSA) is 58.2 Å². The van der Waals surface area contributed by atoms with E-state index in [4.69, 9.17) is 0 Å². The average molecular weight is 342 g/mol. The Morgan fingerprint density at radius 2 is 1.72 bits per heavy atom. The molecule has 0 aliphatic heterocycles. The number of anilines is 2. The number of aryl methyl sites for hydroxylation is 2. The van der Waals surface area contributed by atoms with Crippen LogP contribution in [0.3, 0.4) is 0 Å². The largest absolute Gasteiger partial charge is 0.381 e. The highest BCUT2D eigenvalue weighted by Gasteiger charge is 2.14. The molecule has 0 saturated heterocycles. The molecule has 5 heteroatoms. The van der Waals surface area contributed by atoms with E-state index >= 15 is 0 Å². The number of ketones is 1. The minimum absolute atomic E-state index is 0.0472. The molecular weight excluding hydrogens is 319 g/mol. The van der Waals surface area contributed by atoms with Gasteiger partial charge in [0, 0.05) is 24.7 Å². The summed E-state index contributed by atoms with van der Waals surface area (Å²) in [4.78, 5) is 23.1. The standard InChI is InChI=1S/C20H23FN2O2/c1-11-8-12(2)20(14(4)24)13(3)17(11)10-22-16-6-7-18(21)19(9-16)23-15(5)25/h6-9,22H,10H2,1-5H3,(H,23,25). The Morgan fingerprint density at radius 1 is 1.04 bits per heavy atom. The van der Waals surface area contributed by atoms with Crippen molar-refractivity contribution in [2.45, 2.75) is 41.2 Å². The predicted octanol–water partition coefficient (Wildman–Crippen LogP) is 4.52. The van der Waals surface area contributed by atoms with Gasteiger partial charge in [-0.1, -0.05) is 6.07 Å². The molecule has 0 radical (unpaired) electrons. The third-order valence-electron chi connectivity index (χ3n) is 4.23. The lowest BCUT2D eigenvalue weighted by Crippen LogP contribution is -2.11. The predicted molar refractivity (Wildman–Crippen MR) is 98.7 cm³/mol. The van der Waals surface area contributed by atoms with E-state index in [0.29, 0.717) is 12.2 Å². The van der Waals surface area contributed by atoms with E-state index in [2.05, 4.69) is 10.6 Å². The van der Waals surface area contributed by atoms with E-state index in [9.17, 15) is 14.0 Å². The molecule has 132 valence electrons. The van der Waals surface area contributed by atoms with Crippen LogP contribution in [0.5, 0.6) is 0 Å². The lowest BCUT2D eigenvalue weighted by atomic mass is 9.91. The first-order valence-corrected chi connectivity index (χ1v) is 8.12. The van der Waals surface area contributed by atoms with Crippen LogP contribution in [0.15, 0.2) is 24.3 Å². The SMILES string of the molecule is CC(=O)Nc1cc(NCc2c(C)cc(C)c(C(C)=O)c2C)ccc1F. The summed E-state index contributed by atoms with van der Waals surface area (Å²) in [6.07, 6.45) is 0. The molecule has 0 fully saturated rings. The van der Waals surface area contributed by atoms with Crippen molar-refractivity contribution in [2.24, 2.45) is 0 Å². The Bertz CT molecular complexity index is 844. The van der Waals surface area contributed by atoms with E-state index in [1.54, 1.807) is 19.1 Å². The van der Waals surface area contributed by atoms with Gasteiger partial charge in [0.2, 0.25) is 5.91 Å². The summed E-state index contributed by atoms with van der Waals surface area (Å²) in [6, 6.07) is 6.49. The van der Waals surface area contributed by atoms with Crippen molar-refractivity contribution in [3.8, 4) is 0 Å². The van der Waals surface area contributed by atoms with Gasteiger partial charge in [-0.15, -0.1) is 0 Å². The molecule has 25 heavy (non-hydrogen) atoms. The number of hydrogen-bond donors (Lipinski definition) is 2. The molecule has 0 bridgehead atoms. The molecule has 0 heterocycles. The number of nitrogens with one attached hydrogen (secondary N) is 2. The van der Waals surface area contributed by atoms with Crippen LogP contribution in [0.1, 0.15) is 46.5 Å². The van der Waals surface area contributed by atoms with Gasteiger partial charge in [0.1, 0.15) is 5.82 Å². The van der Waals surface area contributed by atoms with Crippen LogP contribution in [0, 0.1) is 26.6 Å². The van der Waals surface area contributed by atoms with Gasteiger partial charge in [0.15, 0.2) is 5.78 Å². The van der Waals surface area contributed by atoms with E-state index in [0.717, 1.165) is 27.8 Å². The second kappa shape index (κ2) is 7.47. The molecule has 0 spiro atoms. The number of benzene rings is 2. The molecule has 0 saturated carbocycles. The second-order valence-electron chi connectivity index (χ2n) is 6.27. The molecule has 0 atom stereocenters. The lowest BCUT2D eigenvalue weighted by molar-refractivity contribution is -0.114. The normalized spacial score (nSPS) is 10.5. The summed E-state index contributed by atoms with van der Waals surface area (Å²) in [6.45, 7) is 9.30. The number of Topliss-reactive ketones (excluding diaryl/α,β-unsaturated/α-hetero) is 1. The van der Waals surface area contributed by atoms with Crippen LogP contribution in [0.2, 0.25) is 0 Å². The van der Waals surface area contributed by atoms with Crippen LogP contribution in [0.4, 0.5) is 15.8 Å². The van der Waals surface area contributed by atoms with Gasteiger partial charge in [-0.05, 0) is 68.1 Å². The summed E-state index contributed by atoms with van der Waals surface area (Å²) < 4.78 is 13.7. The molecule has 1 amide bonds. The van der Waals surface area contributed by atoms with Crippen molar-refractivity contribution in [1.29, 1.82) is 0 Å². The van der Waals surface area contributed by atoms with Crippen molar-refractivity contribution < 1.29 is 14.0 Å². The molecule has 0 aliphatic rings. The number of carbonyl (C=O) groups is 2.